The summed E-state index contributed by atoms with van der Waals surface area (Å²) in [6.45, 7) is 4.95. The van der Waals surface area contributed by atoms with Crippen molar-refractivity contribution in [1.29, 1.82) is 0 Å². The van der Waals surface area contributed by atoms with E-state index in [-0.39, 0.29) is 6.42 Å². The Labute approximate surface area is 92.5 Å². The van der Waals surface area contributed by atoms with Crippen molar-refractivity contribution >= 4 is 17.9 Å². The smallest absolute Gasteiger partial charge is 0.348 e. The summed E-state index contributed by atoms with van der Waals surface area (Å²) in [5.41, 5.74) is -0.741. The van der Waals surface area contributed by atoms with Crippen LogP contribution in [0, 0.1) is 5.92 Å². The van der Waals surface area contributed by atoms with Gasteiger partial charge in [0.15, 0.2) is 0 Å². The molecule has 0 aromatic heterocycles. The van der Waals surface area contributed by atoms with E-state index in [0.717, 1.165) is 0 Å². The molecule has 0 saturated carbocycles. The van der Waals surface area contributed by atoms with Crippen molar-refractivity contribution in [3.8, 4) is 0 Å². The highest BCUT2D eigenvalue weighted by molar-refractivity contribution is 5.91. The predicted molar refractivity (Wildman–Crippen MR) is 51.5 cm³/mol. The van der Waals surface area contributed by atoms with Crippen molar-refractivity contribution in [3.05, 3.63) is 0 Å². The lowest BCUT2D eigenvalue weighted by Gasteiger charge is -2.22. The number of hydrogen-bond donors (Lipinski definition) is 1. The molecule has 1 N–H and O–H groups in total. The first-order chi connectivity index (χ1) is 7.20. The second-order valence-electron chi connectivity index (χ2n) is 4.59. The first kappa shape index (κ1) is 12.5. The van der Waals surface area contributed by atoms with Gasteiger partial charge in [-0.25, -0.2) is 4.79 Å². The van der Waals surface area contributed by atoms with Crippen LogP contribution in [0.1, 0.15) is 27.2 Å². The van der Waals surface area contributed by atoms with Crippen molar-refractivity contribution in [2.24, 2.45) is 5.92 Å². The molecule has 1 saturated heterocycles. The monoisotopic (exact) mass is 230 g/mol. The van der Waals surface area contributed by atoms with Crippen LogP contribution >= 0.6 is 0 Å². The Morgan fingerprint density at radius 3 is 2.44 bits per heavy atom. The van der Waals surface area contributed by atoms with Crippen LogP contribution in [-0.2, 0) is 23.9 Å². The highest BCUT2D eigenvalue weighted by Gasteiger charge is 2.46. The fourth-order valence-electron chi connectivity index (χ4n) is 1.35. The van der Waals surface area contributed by atoms with Crippen molar-refractivity contribution < 1.29 is 29.0 Å². The van der Waals surface area contributed by atoms with Gasteiger partial charge < -0.3 is 14.6 Å². The highest BCUT2D eigenvalue weighted by atomic mass is 16.6. The molecule has 0 aromatic rings. The number of carboxylic acids is 1. The average Bonchev–Trinajstić information content (AvgIpc) is 2.44. The zero-order chi connectivity index (χ0) is 12.5. The van der Waals surface area contributed by atoms with Crippen LogP contribution < -0.4 is 0 Å². The standard InChI is InChI=1S/C10H14O6/c1-10(2,3)16-9(14)7-5(8(12)13)4-6(11)15-7/h5,7H,4H2,1-3H3,(H,12,13)/t5-,7+/m0/s1. The third-order valence-corrected chi connectivity index (χ3v) is 1.97. The molecule has 0 unspecified atom stereocenters. The van der Waals surface area contributed by atoms with Crippen molar-refractivity contribution in [2.45, 2.75) is 38.9 Å². The van der Waals surface area contributed by atoms with Crippen molar-refractivity contribution in [1.82, 2.24) is 0 Å². The molecular weight excluding hydrogens is 216 g/mol. The van der Waals surface area contributed by atoms with Gasteiger partial charge >= 0.3 is 17.9 Å². The molecule has 1 rings (SSSR count). The summed E-state index contributed by atoms with van der Waals surface area (Å²) in [6.07, 6.45) is -1.62. The number of rotatable bonds is 2. The lowest BCUT2D eigenvalue weighted by molar-refractivity contribution is -0.174. The number of carbonyl (C=O) groups excluding carboxylic acids is 2. The summed E-state index contributed by atoms with van der Waals surface area (Å²) in [5, 5.41) is 8.81. The van der Waals surface area contributed by atoms with E-state index in [2.05, 4.69) is 4.74 Å². The molecule has 1 aliphatic heterocycles. The second kappa shape index (κ2) is 4.11. The fraction of sp³-hybridized carbons (Fsp3) is 0.700. The Hall–Kier alpha value is -1.59. The molecule has 0 amide bonds. The molecule has 0 aliphatic carbocycles. The van der Waals surface area contributed by atoms with E-state index in [4.69, 9.17) is 9.84 Å². The van der Waals surface area contributed by atoms with Crippen molar-refractivity contribution in [3.63, 3.8) is 0 Å². The summed E-state index contributed by atoms with van der Waals surface area (Å²) >= 11 is 0. The van der Waals surface area contributed by atoms with Gasteiger partial charge in [-0.3, -0.25) is 9.59 Å². The second-order valence-corrected chi connectivity index (χ2v) is 4.59. The van der Waals surface area contributed by atoms with Crippen LogP contribution in [0.15, 0.2) is 0 Å². The minimum atomic E-state index is -1.33. The number of cyclic esters (lactones) is 1. The summed E-state index contributed by atoms with van der Waals surface area (Å²) in [7, 11) is 0. The Morgan fingerprint density at radius 1 is 1.44 bits per heavy atom. The maximum atomic E-state index is 11.6. The minimum absolute atomic E-state index is 0.292. The largest absolute Gasteiger partial charge is 0.481 e. The van der Waals surface area contributed by atoms with E-state index in [1.807, 2.05) is 0 Å². The number of ether oxygens (including phenoxy) is 2. The van der Waals surface area contributed by atoms with Gasteiger partial charge in [-0.2, -0.15) is 0 Å². The zero-order valence-electron chi connectivity index (χ0n) is 9.35. The Bertz CT molecular complexity index is 327. The quantitative estimate of drug-likeness (QED) is 0.688. The lowest BCUT2D eigenvalue weighted by Crippen LogP contribution is -2.37. The first-order valence-corrected chi connectivity index (χ1v) is 4.86. The van der Waals surface area contributed by atoms with E-state index < -0.39 is 35.5 Å². The maximum Gasteiger partial charge on any atom is 0.348 e. The van der Waals surface area contributed by atoms with E-state index in [1.54, 1.807) is 20.8 Å². The SMILES string of the molecule is CC(C)(C)OC(=O)[C@@H]1OC(=O)C[C@@H]1C(=O)O. The van der Waals surface area contributed by atoms with Gasteiger partial charge in [0.2, 0.25) is 6.10 Å². The molecule has 0 bridgehead atoms. The Kier molecular flexibility index (Phi) is 3.21. The number of aliphatic carboxylic acids is 1. The predicted octanol–water partition coefficient (Wildman–Crippen LogP) is 0.344. The Morgan fingerprint density at radius 2 is 2.00 bits per heavy atom. The third kappa shape index (κ3) is 2.95. The van der Waals surface area contributed by atoms with E-state index >= 15 is 0 Å². The van der Waals surface area contributed by atoms with Crippen LogP contribution in [-0.4, -0.2) is 34.7 Å². The normalized spacial score (nSPS) is 25.1. The van der Waals surface area contributed by atoms with Crippen LogP contribution in [0.25, 0.3) is 0 Å². The number of esters is 2. The van der Waals surface area contributed by atoms with E-state index in [9.17, 15) is 14.4 Å². The maximum absolute atomic E-state index is 11.6. The lowest BCUT2D eigenvalue weighted by atomic mass is 10.0. The van der Waals surface area contributed by atoms with Crippen LogP contribution in [0.3, 0.4) is 0 Å². The van der Waals surface area contributed by atoms with Gasteiger partial charge in [0.1, 0.15) is 11.5 Å². The third-order valence-electron chi connectivity index (χ3n) is 1.97. The van der Waals surface area contributed by atoms with Gasteiger partial charge in [-0.05, 0) is 20.8 Å². The van der Waals surface area contributed by atoms with Crippen LogP contribution in [0.5, 0.6) is 0 Å². The molecule has 6 heteroatoms. The molecule has 90 valence electrons. The molecule has 0 radical (unpaired) electrons. The summed E-state index contributed by atoms with van der Waals surface area (Å²) in [5.74, 6) is -3.89. The fourth-order valence-corrected chi connectivity index (χ4v) is 1.35. The zero-order valence-corrected chi connectivity index (χ0v) is 9.35. The van der Waals surface area contributed by atoms with E-state index in [0.29, 0.717) is 0 Å². The Balaban J connectivity index is 2.75. The van der Waals surface area contributed by atoms with Crippen LogP contribution in [0.2, 0.25) is 0 Å². The van der Waals surface area contributed by atoms with Gasteiger partial charge in [-0.1, -0.05) is 0 Å². The average molecular weight is 230 g/mol. The minimum Gasteiger partial charge on any atom is -0.481 e. The van der Waals surface area contributed by atoms with Gasteiger partial charge in [-0.15, -0.1) is 0 Å². The number of carbonyl (C=O) groups is 3. The van der Waals surface area contributed by atoms with Gasteiger partial charge in [0, 0.05) is 0 Å². The summed E-state index contributed by atoms with van der Waals surface area (Å²) in [4.78, 5) is 33.3. The molecule has 1 aliphatic rings. The van der Waals surface area contributed by atoms with Crippen LogP contribution in [0.4, 0.5) is 0 Å². The summed E-state index contributed by atoms with van der Waals surface area (Å²) < 4.78 is 9.62. The van der Waals surface area contributed by atoms with Gasteiger partial charge in [0.05, 0.1) is 6.42 Å². The summed E-state index contributed by atoms with van der Waals surface area (Å²) in [6, 6.07) is 0. The number of carboxylic acid groups (broad SMARTS) is 1. The number of hydrogen-bond acceptors (Lipinski definition) is 5. The molecule has 0 aromatic carbocycles. The molecular formula is C10H14O6. The highest BCUT2D eigenvalue weighted by Crippen LogP contribution is 2.25. The van der Waals surface area contributed by atoms with E-state index in [1.165, 1.54) is 0 Å². The first-order valence-electron chi connectivity index (χ1n) is 4.86. The molecule has 6 nitrogen and oxygen atoms in total. The topological polar surface area (TPSA) is 89.9 Å². The molecule has 1 heterocycles. The van der Waals surface area contributed by atoms with Gasteiger partial charge in [0.25, 0.3) is 0 Å². The molecule has 16 heavy (non-hydrogen) atoms. The molecule has 2 atom stereocenters. The molecule has 1 fully saturated rings. The molecule has 0 spiro atoms. The van der Waals surface area contributed by atoms with Crippen molar-refractivity contribution in [2.75, 3.05) is 0 Å².